The minimum Gasteiger partial charge on any atom is -0.214 e. The molecule has 0 aliphatic heterocycles. The average molecular weight is 313 g/mol. The van der Waals surface area contributed by atoms with Gasteiger partial charge in [0.1, 0.15) is 0 Å². The predicted molar refractivity (Wildman–Crippen MR) is 49.7 cm³/mol. The molecule has 0 saturated carbocycles. The summed E-state index contributed by atoms with van der Waals surface area (Å²) in [5.41, 5.74) is -7.25. The van der Waals surface area contributed by atoms with Gasteiger partial charge in [0.2, 0.25) is 0 Å². The van der Waals surface area contributed by atoms with Crippen LogP contribution in [0.1, 0.15) is 5.56 Å². The zero-order chi connectivity index (χ0) is 14.4. The molecule has 0 radical (unpaired) electrons. The van der Waals surface area contributed by atoms with E-state index in [0.717, 1.165) is 0 Å². The van der Waals surface area contributed by atoms with Crippen LogP contribution in [0, 0.1) is 0 Å². The molecule has 0 amide bonds. The monoisotopic (exact) mass is 312 g/mol. The lowest BCUT2D eigenvalue weighted by molar-refractivity contribution is -0.137. The fraction of sp³-hybridized carbons (Fsp3) is 0.250. The second-order valence-electron chi connectivity index (χ2n) is 3.09. The first-order chi connectivity index (χ1) is 7.87. The van der Waals surface area contributed by atoms with E-state index in [1.54, 1.807) is 0 Å². The SMILES string of the molecule is O=S(=O)(c1cc(C(F)(F)F)ccc1Cl)C(F)(F)F. The lowest BCUT2D eigenvalue weighted by Gasteiger charge is -2.12. The van der Waals surface area contributed by atoms with Gasteiger partial charge in [0.25, 0.3) is 9.84 Å². The molecule has 102 valence electrons. The molecule has 1 aromatic carbocycles. The third-order valence-electron chi connectivity index (χ3n) is 1.85. The Kier molecular flexibility index (Phi) is 3.61. The molecule has 0 unspecified atom stereocenters. The molecule has 10 heteroatoms. The summed E-state index contributed by atoms with van der Waals surface area (Å²) in [4.78, 5) is -1.62. The van der Waals surface area contributed by atoms with Gasteiger partial charge >= 0.3 is 11.7 Å². The largest absolute Gasteiger partial charge is 0.501 e. The molecule has 2 nitrogen and oxygen atoms in total. The first-order valence-electron chi connectivity index (χ1n) is 4.05. The summed E-state index contributed by atoms with van der Waals surface area (Å²) in [6.45, 7) is 0. The summed E-state index contributed by atoms with van der Waals surface area (Å²) < 4.78 is 95.3. The van der Waals surface area contributed by atoms with Crippen LogP contribution in [0.15, 0.2) is 23.1 Å². The van der Waals surface area contributed by atoms with Gasteiger partial charge in [-0.05, 0) is 18.2 Å². The molecule has 1 aromatic rings. The van der Waals surface area contributed by atoms with Crippen molar-refractivity contribution in [2.45, 2.75) is 16.6 Å². The van der Waals surface area contributed by atoms with Gasteiger partial charge in [0, 0.05) is 0 Å². The highest BCUT2D eigenvalue weighted by Gasteiger charge is 2.48. The second-order valence-corrected chi connectivity index (χ2v) is 5.41. The van der Waals surface area contributed by atoms with Gasteiger partial charge in [-0.15, -0.1) is 0 Å². The molecule has 0 heterocycles. The van der Waals surface area contributed by atoms with Crippen LogP contribution in [0.2, 0.25) is 5.02 Å². The number of alkyl halides is 6. The molecule has 0 bridgehead atoms. The molecule has 18 heavy (non-hydrogen) atoms. The Hall–Kier alpha value is -0.960. The van der Waals surface area contributed by atoms with Gasteiger partial charge in [0.05, 0.1) is 15.5 Å². The highest BCUT2D eigenvalue weighted by molar-refractivity contribution is 7.92. The Labute approximate surface area is 102 Å². The Morgan fingerprint density at radius 2 is 1.50 bits per heavy atom. The number of benzene rings is 1. The molecule has 0 aliphatic carbocycles. The molecule has 0 saturated heterocycles. The fourth-order valence-electron chi connectivity index (χ4n) is 1.01. The van der Waals surface area contributed by atoms with Crippen LogP contribution in [0.25, 0.3) is 0 Å². The first-order valence-corrected chi connectivity index (χ1v) is 5.91. The summed E-state index contributed by atoms with van der Waals surface area (Å²) in [6.07, 6.45) is -4.97. The van der Waals surface area contributed by atoms with E-state index in [9.17, 15) is 34.8 Å². The van der Waals surface area contributed by atoms with Crippen molar-refractivity contribution in [1.82, 2.24) is 0 Å². The van der Waals surface area contributed by atoms with Crippen LogP contribution >= 0.6 is 11.6 Å². The average Bonchev–Trinajstić information content (AvgIpc) is 2.14. The lowest BCUT2D eigenvalue weighted by atomic mass is 10.2. The number of hydrogen-bond acceptors (Lipinski definition) is 2. The standard InChI is InChI=1S/C8H3ClF6O2S/c9-5-2-1-4(7(10,11)12)3-6(5)18(16,17)8(13,14)15/h1-3H. The molecule has 0 atom stereocenters. The van der Waals surface area contributed by atoms with Crippen LogP contribution in [0.3, 0.4) is 0 Å². The van der Waals surface area contributed by atoms with Gasteiger partial charge in [-0.25, -0.2) is 8.42 Å². The van der Waals surface area contributed by atoms with Crippen molar-refractivity contribution in [2.75, 3.05) is 0 Å². The van der Waals surface area contributed by atoms with E-state index in [1.807, 2.05) is 0 Å². The van der Waals surface area contributed by atoms with Crippen molar-refractivity contribution < 1.29 is 34.8 Å². The van der Waals surface area contributed by atoms with Crippen molar-refractivity contribution in [2.24, 2.45) is 0 Å². The third-order valence-corrected chi connectivity index (χ3v) is 3.82. The Balaban J connectivity index is 3.53. The van der Waals surface area contributed by atoms with Crippen LogP contribution in [0.4, 0.5) is 26.3 Å². The zero-order valence-electron chi connectivity index (χ0n) is 8.10. The molecule has 0 spiro atoms. The lowest BCUT2D eigenvalue weighted by Crippen LogP contribution is -2.24. The van der Waals surface area contributed by atoms with Crippen molar-refractivity contribution in [1.29, 1.82) is 0 Å². The first kappa shape index (κ1) is 15.1. The molecular weight excluding hydrogens is 310 g/mol. The predicted octanol–water partition coefficient (Wildman–Crippen LogP) is 3.65. The van der Waals surface area contributed by atoms with E-state index in [1.165, 1.54) is 0 Å². The number of halogens is 7. The maximum Gasteiger partial charge on any atom is 0.501 e. The van der Waals surface area contributed by atoms with Crippen molar-refractivity contribution in [3.63, 3.8) is 0 Å². The van der Waals surface area contributed by atoms with E-state index in [4.69, 9.17) is 11.6 Å². The summed E-state index contributed by atoms with van der Waals surface area (Å²) >= 11 is 5.19. The van der Waals surface area contributed by atoms with E-state index in [-0.39, 0.29) is 6.07 Å². The van der Waals surface area contributed by atoms with Gasteiger partial charge in [0.15, 0.2) is 0 Å². The van der Waals surface area contributed by atoms with Gasteiger partial charge < -0.3 is 0 Å². The molecule has 0 N–H and O–H groups in total. The number of hydrogen-bond donors (Lipinski definition) is 0. The fourth-order valence-corrected chi connectivity index (χ4v) is 2.29. The number of rotatable bonds is 1. The molecular formula is C8H3ClF6O2S. The summed E-state index contributed by atoms with van der Waals surface area (Å²) in [7, 11) is -5.92. The smallest absolute Gasteiger partial charge is 0.214 e. The van der Waals surface area contributed by atoms with E-state index in [2.05, 4.69) is 0 Å². The Bertz CT molecular complexity index is 560. The van der Waals surface area contributed by atoms with Crippen molar-refractivity contribution in [3.8, 4) is 0 Å². The molecule has 1 rings (SSSR count). The normalized spacial score (nSPS) is 13.7. The molecule has 0 fully saturated rings. The minimum absolute atomic E-state index is 0.148. The van der Waals surface area contributed by atoms with E-state index in [0.29, 0.717) is 12.1 Å². The highest BCUT2D eigenvalue weighted by Crippen LogP contribution is 2.38. The maximum atomic E-state index is 12.3. The summed E-state index contributed by atoms with van der Waals surface area (Å²) in [5, 5.41) is -0.930. The van der Waals surface area contributed by atoms with Gasteiger partial charge in [-0.3, -0.25) is 0 Å². The highest BCUT2D eigenvalue weighted by atomic mass is 35.5. The second kappa shape index (κ2) is 4.30. The van der Waals surface area contributed by atoms with Crippen LogP contribution in [-0.2, 0) is 16.0 Å². The molecule has 0 aliphatic rings. The zero-order valence-corrected chi connectivity index (χ0v) is 9.67. The summed E-state index contributed by atoms with van der Waals surface area (Å²) in [6, 6.07) is 0.686. The van der Waals surface area contributed by atoms with Gasteiger partial charge in [-0.2, -0.15) is 26.3 Å². The van der Waals surface area contributed by atoms with Crippen LogP contribution < -0.4 is 0 Å². The molecule has 0 aromatic heterocycles. The Morgan fingerprint density at radius 1 is 1.00 bits per heavy atom. The van der Waals surface area contributed by atoms with E-state index >= 15 is 0 Å². The van der Waals surface area contributed by atoms with E-state index < -0.39 is 37.0 Å². The van der Waals surface area contributed by atoms with Crippen LogP contribution in [-0.4, -0.2) is 13.9 Å². The topological polar surface area (TPSA) is 34.1 Å². The third kappa shape index (κ3) is 2.72. The van der Waals surface area contributed by atoms with Crippen LogP contribution in [0.5, 0.6) is 0 Å². The van der Waals surface area contributed by atoms with Crippen molar-refractivity contribution >= 4 is 21.4 Å². The quantitative estimate of drug-likeness (QED) is 0.742. The maximum absolute atomic E-state index is 12.3. The Morgan fingerprint density at radius 3 is 1.89 bits per heavy atom. The minimum atomic E-state index is -5.92. The summed E-state index contributed by atoms with van der Waals surface area (Å²) in [5.74, 6) is 0. The number of sulfone groups is 1. The van der Waals surface area contributed by atoms with Gasteiger partial charge in [-0.1, -0.05) is 11.6 Å². The van der Waals surface area contributed by atoms with Crippen molar-refractivity contribution in [3.05, 3.63) is 28.8 Å².